The first-order valence-electron chi connectivity index (χ1n) is 7.34. The Balaban J connectivity index is 2.29. The molecule has 0 aliphatic carbocycles. The fourth-order valence-electron chi connectivity index (χ4n) is 1.99. The summed E-state index contributed by atoms with van der Waals surface area (Å²) < 4.78 is 12.2. The third-order valence-corrected chi connectivity index (χ3v) is 3.61. The summed E-state index contributed by atoms with van der Waals surface area (Å²) in [6.07, 6.45) is 1.83. The summed E-state index contributed by atoms with van der Waals surface area (Å²) in [5.41, 5.74) is 3.11. The molecule has 0 bridgehead atoms. The quantitative estimate of drug-likeness (QED) is 0.653. The summed E-state index contributed by atoms with van der Waals surface area (Å²) >= 11 is 3.54. The molecule has 0 atom stereocenters. The van der Waals surface area contributed by atoms with Crippen molar-refractivity contribution >= 4 is 27.8 Å². The highest BCUT2D eigenvalue weighted by molar-refractivity contribution is 9.10. The number of benzene rings is 2. The lowest BCUT2D eigenvalue weighted by Gasteiger charge is -2.13. The molecule has 0 heterocycles. The lowest BCUT2D eigenvalue weighted by Crippen LogP contribution is -2.00. The van der Waals surface area contributed by atoms with Gasteiger partial charge in [0.05, 0.1) is 23.4 Å². The Bertz CT molecular complexity index is 651. The minimum Gasteiger partial charge on any atom is -0.490 e. The molecule has 0 saturated heterocycles. The smallest absolute Gasteiger partial charge is 0.175 e. The summed E-state index contributed by atoms with van der Waals surface area (Å²) in [6, 6.07) is 12.0. The minimum absolute atomic E-state index is 0.588. The largest absolute Gasteiger partial charge is 0.490 e. The molecule has 22 heavy (non-hydrogen) atoms. The molecule has 0 N–H and O–H groups in total. The van der Waals surface area contributed by atoms with E-state index in [-0.39, 0.29) is 0 Å². The van der Waals surface area contributed by atoms with Crippen molar-refractivity contribution in [2.75, 3.05) is 13.2 Å². The number of aliphatic imine (C=N–C) groups is 1. The van der Waals surface area contributed by atoms with Crippen LogP contribution >= 0.6 is 15.9 Å². The number of nitrogens with zero attached hydrogens (tertiary/aromatic N) is 1. The van der Waals surface area contributed by atoms with E-state index in [9.17, 15) is 0 Å². The van der Waals surface area contributed by atoms with Crippen molar-refractivity contribution in [3.8, 4) is 11.5 Å². The molecule has 4 heteroatoms. The highest BCUT2D eigenvalue weighted by Gasteiger charge is 2.11. The molecule has 3 nitrogen and oxygen atoms in total. The van der Waals surface area contributed by atoms with Crippen LogP contribution in [0.4, 0.5) is 5.69 Å². The highest BCUT2D eigenvalue weighted by Crippen LogP contribution is 2.36. The minimum atomic E-state index is 0.588. The zero-order chi connectivity index (χ0) is 15.9. The summed E-state index contributed by atoms with van der Waals surface area (Å²) in [5, 5.41) is 0. The topological polar surface area (TPSA) is 30.8 Å². The number of ether oxygens (including phenoxy) is 2. The molecule has 116 valence electrons. The van der Waals surface area contributed by atoms with Gasteiger partial charge in [-0.1, -0.05) is 17.7 Å². The van der Waals surface area contributed by atoms with Gasteiger partial charge in [-0.15, -0.1) is 0 Å². The Morgan fingerprint density at radius 2 is 1.73 bits per heavy atom. The lowest BCUT2D eigenvalue weighted by molar-refractivity contribution is 0.286. The Morgan fingerprint density at radius 3 is 2.36 bits per heavy atom. The fraction of sp³-hybridized carbons (Fsp3) is 0.278. The molecule has 0 unspecified atom stereocenters. The van der Waals surface area contributed by atoms with Gasteiger partial charge >= 0.3 is 0 Å². The normalized spacial score (nSPS) is 10.9. The van der Waals surface area contributed by atoms with Crippen molar-refractivity contribution in [3.63, 3.8) is 0 Å². The van der Waals surface area contributed by atoms with Gasteiger partial charge in [-0.3, -0.25) is 4.99 Å². The second kappa shape index (κ2) is 7.99. The van der Waals surface area contributed by atoms with Gasteiger partial charge in [0, 0.05) is 6.21 Å². The standard InChI is InChI=1S/C18H20BrNO2/c1-4-21-17-11-14(10-16(19)18(17)22-5-2)12-20-15-8-6-13(3)7-9-15/h6-12H,4-5H2,1-3H3. The van der Waals surface area contributed by atoms with Gasteiger partial charge in [0.25, 0.3) is 0 Å². The molecule has 0 amide bonds. The molecule has 0 radical (unpaired) electrons. The van der Waals surface area contributed by atoms with Crippen LogP contribution < -0.4 is 9.47 Å². The van der Waals surface area contributed by atoms with E-state index in [1.165, 1.54) is 5.56 Å². The monoisotopic (exact) mass is 361 g/mol. The number of aryl methyl sites for hydroxylation is 1. The molecular weight excluding hydrogens is 342 g/mol. The van der Waals surface area contributed by atoms with Crippen molar-refractivity contribution in [2.24, 2.45) is 4.99 Å². The highest BCUT2D eigenvalue weighted by atomic mass is 79.9. The Hall–Kier alpha value is -1.81. The van der Waals surface area contributed by atoms with Crippen molar-refractivity contribution < 1.29 is 9.47 Å². The van der Waals surface area contributed by atoms with Crippen LogP contribution in [0.2, 0.25) is 0 Å². The lowest BCUT2D eigenvalue weighted by atomic mass is 10.2. The summed E-state index contributed by atoms with van der Waals surface area (Å²) in [7, 11) is 0. The Morgan fingerprint density at radius 1 is 1.05 bits per heavy atom. The molecule has 0 aliphatic rings. The molecule has 2 aromatic rings. The van der Waals surface area contributed by atoms with Gasteiger partial charge in [0.1, 0.15) is 0 Å². The number of hydrogen-bond acceptors (Lipinski definition) is 3. The maximum Gasteiger partial charge on any atom is 0.175 e. The van der Waals surface area contributed by atoms with Gasteiger partial charge in [0.15, 0.2) is 11.5 Å². The van der Waals surface area contributed by atoms with E-state index in [1.54, 1.807) is 0 Å². The van der Waals surface area contributed by atoms with Crippen LogP contribution in [0.5, 0.6) is 11.5 Å². The summed E-state index contributed by atoms with van der Waals surface area (Å²) in [5.74, 6) is 1.46. The molecular formula is C18H20BrNO2. The van der Waals surface area contributed by atoms with E-state index < -0.39 is 0 Å². The number of halogens is 1. The fourth-order valence-corrected chi connectivity index (χ4v) is 2.56. The van der Waals surface area contributed by atoms with Crippen molar-refractivity contribution in [1.29, 1.82) is 0 Å². The summed E-state index contributed by atoms with van der Waals surface area (Å²) in [4.78, 5) is 4.49. The molecule has 2 rings (SSSR count). The molecule has 0 fully saturated rings. The Kier molecular flexibility index (Phi) is 6.01. The van der Waals surface area contributed by atoms with Crippen LogP contribution in [-0.4, -0.2) is 19.4 Å². The maximum atomic E-state index is 5.66. The average molecular weight is 362 g/mol. The van der Waals surface area contributed by atoms with E-state index in [0.717, 1.165) is 27.2 Å². The third-order valence-electron chi connectivity index (χ3n) is 3.02. The van der Waals surface area contributed by atoms with Gasteiger partial charge in [0.2, 0.25) is 0 Å². The van der Waals surface area contributed by atoms with Crippen LogP contribution in [0.1, 0.15) is 25.0 Å². The first-order chi connectivity index (χ1) is 10.6. The van der Waals surface area contributed by atoms with Crippen LogP contribution in [0.15, 0.2) is 45.9 Å². The predicted octanol–water partition coefficient (Wildman–Crippen LogP) is 5.31. The second-order valence-corrected chi connectivity index (χ2v) is 5.64. The molecule has 2 aromatic carbocycles. The molecule has 0 aromatic heterocycles. The van der Waals surface area contributed by atoms with Crippen LogP contribution in [0.25, 0.3) is 0 Å². The second-order valence-electron chi connectivity index (χ2n) is 4.79. The van der Waals surface area contributed by atoms with E-state index in [2.05, 4.69) is 27.8 Å². The van der Waals surface area contributed by atoms with E-state index >= 15 is 0 Å². The first-order valence-corrected chi connectivity index (χ1v) is 8.13. The zero-order valence-corrected chi connectivity index (χ0v) is 14.7. The Labute approximate surface area is 140 Å². The van der Waals surface area contributed by atoms with Crippen LogP contribution in [0, 0.1) is 6.92 Å². The number of hydrogen-bond donors (Lipinski definition) is 0. The summed E-state index contributed by atoms with van der Waals surface area (Å²) in [6.45, 7) is 7.15. The molecule has 0 aliphatic heterocycles. The third kappa shape index (κ3) is 4.34. The van der Waals surface area contributed by atoms with Crippen LogP contribution in [-0.2, 0) is 0 Å². The first kappa shape index (κ1) is 16.6. The average Bonchev–Trinajstić information content (AvgIpc) is 2.50. The van der Waals surface area contributed by atoms with E-state index in [0.29, 0.717) is 13.2 Å². The zero-order valence-electron chi connectivity index (χ0n) is 13.1. The van der Waals surface area contributed by atoms with Crippen molar-refractivity contribution in [3.05, 3.63) is 52.0 Å². The van der Waals surface area contributed by atoms with Crippen LogP contribution in [0.3, 0.4) is 0 Å². The van der Waals surface area contributed by atoms with E-state index in [4.69, 9.17) is 9.47 Å². The van der Waals surface area contributed by atoms with Crippen molar-refractivity contribution in [2.45, 2.75) is 20.8 Å². The number of rotatable bonds is 6. The van der Waals surface area contributed by atoms with Gasteiger partial charge < -0.3 is 9.47 Å². The molecule has 0 saturated carbocycles. The van der Waals surface area contributed by atoms with Crippen molar-refractivity contribution in [1.82, 2.24) is 0 Å². The van der Waals surface area contributed by atoms with Gasteiger partial charge in [-0.2, -0.15) is 0 Å². The van der Waals surface area contributed by atoms with Gasteiger partial charge in [-0.25, -0.2) is 0 Å². The predicted molar refractivity (Wildman–Crippen MR) is 94.9 cm³/mol. The SMILES string of the molecule is CCOc1cc(C=Nc2ccc(C)cc2)cc(Br)c1OCC. The van der Waals surface area contributed by atoms with E-state index in [1.807, 2.05) is 56.5 Å². The molecule has 0 spiro atoms. The maximum absolute atomic E-state index is 5.66. The van der Waals surface area contributed by atoms with Gasteiger partial charge in [-0.05, 0) is 66.5 Å².